The second kappa shape index (κ2) is 18.4. The number of hydrogen-bond donors (Lipinski definition) is 4. The predicted octanol–water partition coefficient (Wildman–Crippen LogP) is 6.43. The van der Waals surface area contributed by atoms with Gasteiger partial charge in [0.2, 0.25) is 0 Å². The van der Waals surface area contributed by atoms with Crippen molar-refractivity contribution < 1.29 is 14.2 Å². The lowest BCUT2D eigenvalue weighted by Gasteiger charge is -2.04. The number of hydrogen-bond acceptors (Lipinski definition) is 11. The molecule has 2 aromatic carbocycles. The van der Waals surface area contributed by atoms with Crippen LogP contribution in [0.3, 0.4) is 0 Å². The lowest BCUT2D eigenvalue weighted by atomic mass is 10.3. The van der Waals surface area contributed by atoms with Crippen LogP contribution in [0.15, 0.2) is 58.3 Å². The van der Waals surface area contributed by atoms with E-state index in [2.05, 4.69) is 71.1 Å². The van der Waals surface area contributed by atoms with Crippen LogP contribution >= 0.6 is 68.8 Å². The van der Waals surface area contributed by atoms with Gasteiger partial charge in [-0.05, 0) is 45.9 Å². The van der Waals surface area contributed by atoms with E-state index in [4.69, 9.17) is 14.2 Å². The van der Waals surface area contributed by atoms with Gasteiger partial charge in [0, 0.05) is 43.3 Å². The first kappa shape index (κ1) is 27.3. The fourth-order valence-electron chi connectivity index (χ4n) is 2.14. The number of benzene rings is 2. The molecule has 0 aromatic heterocycles. The van der Waals surface area contributed by atoms with E-state index in [1.165, 1.54) is 21.2 Å². The summed E-state index contributed by atoms with van der Waals surface area (Å²) in [7, 11) is 6.89. The van der Waals surface area contributed by atoms with Gasteiger partial charge in [-0.15, -0.1) is 0 Å². The summed E-state index contributed by atoms with van der Waals surface area (Å²) >= 11 is 8.02. The van der Waals surface area contributed by atoms with Gasteiger partial charge in [0.25, 0.3) is 0 Å². The molecule has 0 unspecified atom stereocenters. The topological polar surface area (TPSA) is 51.8 Å². The average molecular weight is 537 g/mol. The molecule has 0 bridgehead atoms. The van der Waals surface area contributed by atoms with Crippen molar-refractivity contribution in [2.75, 3.05) is 60.6 Å². The Morgan fingerprint density at radius 2 is 0.968 bits per heavy atom. The largest absolute Gasteiger partial charge is 0.378 e. The van der Waals surface area contributed by atoms with Gasteiger partial charge in [0.1, 0.15) is 0 Å². The molecule has 5 nitrogen and oxygen atoms in total. The molecule has 2 aromatic rings. The second-order valence-corrected chi connectivity index (χ2v) is 10.7. The van der Waals surface area contributed by atoms with Gasteiger partial charge in [-0.3, -0.25) is 0 Å². The molecule has 31 heavy (non-hydrogen) atoms. The maximum atomic E-state index is 5.23. The number of nitrogens with one attached hydrogen (secondary N) is 2. The molecule has 0 radical (unpaired) electrons. The number of fused-ring (bicyclic) bond motifs is 2. The van der Waals surface area contributed by atoms with Crippen LogP contribution in [-0.2, 0) is 14.2 Å². The Balaban J connectivity index is 0.000000168. The maximum Gasteiger partial charge on any atom is 0.0701 e. The predicted molar refractivity (Wildman–Crippen MR) is 147 cm³/mol. The van der Waals surface area contributed by atoms with Gasteiger partial charge in [0.05, 0.1) is 51.0 Å². The molecule has 0 fully saturated rings. The molecule has 11 heteroatoms. The van der Waals surface area contributed by atoms with Crippen LogP contribution in [0.5, 0.6) is 0 Å². The van der Waals surface area contributed by atoms with Crippen molar-refractivity contribution in [2.45, 2.75) is 9.79 Å². The molecule has 0 saturated carbocycles. The first-order chi connectivity index (χ1) is 15.3. The SMILES string of the molecule is SCCOCCOCCOCCS.c1ccc2c(c1)NSS2.c1ccc2c(c1)NSS2. The minimum atomic E-state index is 0.623. The lowest BCUT2D eigenvalue weighted by Crippen LogP contribution is -2.10. The van der Waals surface area contributed by atoms with Crippen molar-refractivity contribution in [2.24, 2.45) is 0 Å². The highest BCUT2D eigenvalue weighted by Crippen LogP contribution is 2.44. The van der Waals surface area contributed by atoms with Crippen LogP contribution in [-0.4, -0.2) is 51.1 Å². The van der Waals surface area contributed by atoms with Gasteiger partial charge >= 0.3 is 0 Å². The standard InChI is InChI=1S/C8H18O3S2.2C6H5NS2/c12-7-5-10-3-1-9-2-4-11-6-8-13;2*1-2-4-6-5(3-1)7-9-8-6/h12-13H,1-8H2;2*1-4,7H. The average Bonchev–Trinajstić information content (AvgIpc) is 3.48. The van der Waals surface area contributed by atoms with Crippen LogP contribution in [0.1, 0.15) is 0 Å². The van der Waals surface area contributed by atoms with Gasteiger partial charge in [-0.25, -0.2) is 0 Å². The Morgan fingerprint density at radius 1 is 0.581 bits per heavy atom. The van der Waals surface area contributed by atoms with E-state index in [1.807, 2.05) is 12.1 Å². The van der Waals surface area contributed by atoms with E-state index in [0.717, 1.165) is 11.5 Å². The first-order valence-electron chi connectivity index (χ1n) is 9.67. The molecule has 2 heterocycles. The van der Waals surface area contributed by atoms with Crippen LogP contribution in [0.25, 0.3) is 0 Å². The van der Waals surface area contributed by atoms with E-state index < -0.39 is 0 Å². The zero-order chi connectivity index (χ0) is 22.0. The third-order valence-electron chi connectivity index (χ3n) is 3.56. The van der Waals surface area contributed by atoms with Crippen molar-refractivity contribution in [3.8, 4) is 0 Å². The zero-order valence-electron chi connectivity index (χ0n) is 17.0. The fourth-order valence-corrected chi connectivity index (χ4v) is 6.21. The third kappa shape index (κ3) is 12.2. The van der Waals surface area contributed by atoms with Gasteiger partial charge in [-0.2, -0.15) is 25.3 Å². The third-order valence-corrected chi connectivity index (χ3v) is 7.84. The fraction of sp³-hybridized carbons (Fsp3) is 0.400. The van der Waals surface area contributed by atoms with Crippen molar-refractivity contribution in [3.63, 3.8) is 0 Å². The van der Waals surface area contributed by atoms with Crippen molar-refractivity contribution in [1.82, 2.24) is 0 Å². The monoisotopic (exact) mass is 536 g/mol. The van der Waals surface area contributed by atoms with Crippen molar-refractivity contribution in [3.05, 3.63) is 48.5 Å². The van der Waals surface area contributed by atoms with Crippen LogP contribution < -0.4 is 9.44 Å². The summed E-state index contributed by atoms with van der Waals surface area (Å²) in [6.07, 6.45) is 0. The molecule has 0 aliphatic carbocycles. The van der Waals surface area contributed by atoms with Crippen LogP contribution in [0.4, 0.5) is 11.4 Å². The van der Waals surface area contributed by atoms with Gasteiger partial charge < -0.3 is 23.7 Å². The maximum absolute atomic E-state index is 5.23. The van der Waals surface area contributed by atoms with E-state index in [1.54, 1.807) is 43.5 Å². The van der Waals surface area contributed by atoms with Crippen molar-refractivity contribution in [1.29, 1.82) is 0 Å². The number of anilines is 2. The Bertz CT molecular complexity index is 623. The molecular weight excluding hydrogens is 509 g/mol. The lowest BCUT2D eigenvalue weighted by molar-refractivity contribution is 0.0206. The minimum Gasteiger partial charge on any atom is -0.378 e. The molecule has 172 valence electrons. The molecule has 2 aliphatic rings. The number of thiol groups is 2. The highest BCUT2D eigenvalue weighted by Gasteiger charge is 2.09. The van der Waals surface area contributed by atoms with Crippen LogP contribution in [0, 0.1) is 0 Å². The van der Waals surface area contributed by atoms with E-state index in [0.29, 0.717) is 39.6 Å². The summed E-state index contributed by atoms with van der Waals surface area (Å²) in [4.78, 5) is 2.67. The Morgan fingerprint density at radius 3 is 1.35 bits per heavy atom. The highest BCUT2D eigenvalue weighted by molar-refractivity contribution is 8.78. The van der Waals surface area contributed by atoms with Gasteiger partial charge in [0.15, 0.2) is 0 Å². The van der Waals surface area contributed by atoms with Gasteiger partial charge in [-0.1, -0.05) is 24.3 Å². The molecule has 0 atom stereocenters. The zero-order valence-corrected chi connectivity index (χ0v) is 22.1. The van der Waals surface area contributed by atoms with E-state index >= 15 is 0 Å². The molecule has 2 aliphatic heterocycles. The summed E-state index contributed by atoms with van der Waals surface area (Å²) in [6.45, 7) is 3.88. The van der Waals surface area contributed by atoms with E-state index in [9.17, 15) is 0 Å². The summed E-state index contributed by atoms with van der Waals surface area (Å²) in [5, 5.41) is 0. The Kier molecular flexibility index (Phi) is 16.2. The molecule has 2 N–H and O–H groups in total. The summed E-state index contributed by atoms with van der Waals surface area (Å²) in [5.74, 6) is 1.51. The normalized spacial score (nSPS) is 13.0. The van der Waals surface area contributed by atoms with Crippen molar-refractivity contribution >= 4 is 80.2 Å². The number of ether oxygens (including phenoxy) is 3. The van der Waals surface area contributed by atoms with Crippen LogP contribution in [0.2, 0.25) is 0 Å². The molecule has 0 spiro atoms. The molecule has 4 rings (SSSR count). The number of rotatable bonds is 10. The molecule has 0 saturated heterocycles. The molecular formula is C20H28N2O3S6. The quantitative estimate of drug-likeness (QED) is 0.119. The summed E-state index contributed by atoms with van der Waals surface area (Å²) < 4.78 is 21.9. The minimum absolute atomic E-state index is 0.623. The number of para-hydroxylation sites is 2. The Labute approximate surface area is 212 Å². The second-order valence-electron chi connectivity index (χ2n) is 5.81. The smallest absolute Gasteiger partial charge is 0.0701 e. The first-order valence-corrected chi connectivity index (χ1v) is 15.2. The van der Waals surface area contributed by atoms with E-state index in [-0.39, 0.29) is 0 Å². The highest BCUT2D eigenvalue weighted by atomic mass is 33.1. The summed E-state index contributed by atoms with van der Waals surface area (Å²) in [6, 6.07) is 16.6. The summed E-state index contributed by atoms with van der Waals surface area (Å²) in [5.41, 5.74) is 2.49. The molecule has 0 amide bonds. The Hall–Kier alpha value is 0.0200.